The first-order valence-corrected chi connectivity index (χ1v) is 8.69. The van der Waals surface area contributed by atoms with Crippen LogP contribution in [0, 0.1) is 5.92 Å². The molecular weight excluding hydrogens is 337 g/mol. The van der Waals surface area contributed by atoms with E-state index < -0.39 is 6.10 Å². The fourth-order valence-corrected chi connectivity index (χ4v) is 3.91. The molecule has 2 fully saturated rings. The van der Waals surface area contributed by atoms with Crippen LogP contribution in [0.25, 0.3) is 0 Å². The highest BCUT2D eigenvalue weighted by molar-refractivity contribution is 6.37. The molecule has 1 saturated heterocycles. The van der Waals surface area contributed by atoms with Crippen LogP contribution in [-0.2, 0) is 9.53 Å². The van der Waals surface area contributed by atoms with Crippen molar-refractivity contribution in [3.8, 4) is 0 Å². The summed E-state index contributed by atoms with van der Waals surface area (Å²) in [5.74, 6) is -0.471. The van der Waals surface area contributed by atoms with E-state index in [1.54, 1.807) is 19.1 Å². The van der Waals surface area contributed by atoms with Gasteiger partial charge in [0.15, 0.2) is 0 Å². The second-order valence-corrected chi connectivity index (χ2v) is 7.08. The smallest absolute Gasteiger partial charge is 0.262 e. The summed E-state index contributed by atoms with van der Waals surface area (Å²) in [5, 5.41) is 0.714. The molecule has 0 aromatic heterocycles. The Labute approximate surface area is 145 Å². The minimum Gasteiger partial charge on any atom is -0.365 e. The molecule has 1 saturated carbocycles. The van der Waals surface area contributed by atoms with Crippen LogP contribution in [0.3, 0.4) is 0 Å². The highest BCUT2D eigenvalue weighted by atomic mass is 35.5. The van der Waals surface area contributed by atoms with Gasteiger partial charge >= 0.3 is 0 Å². The van der Waals surface area contributed by atoms with Gasteiger partial charge in [-0.05, 0) is 38.0 Å². The van der Waals surface area contributed by atoms with Crippen LogP contribution < -0.4 is 0 Å². The fraction of sp³-hybridized carbons (Fsp3) is 0.529. The molecule has 1 aromatic carbocycles. The van der Waals surface area contributed by atoms with E-state index in [0.29, 0.717) is 17.1 Å². The molecule has 2 amide bonds. The van der Waals surface area contributed by atoms with Gasteiger partial charge in [-0.2, -0.15) is 0 Å². The molecule has 0 N–H and O–H groups in total. The Balaban J connectivity index is 1.89. The second kappa shape index (κ2) is 6.80. The third-order valence-corrected chi connectivity index (χ3v) is 5.20. The van der Waals surface area contributed by atoms with Crippen LogP contribution in [0.2, 0.25) is 10.0 Å². The van der Waals surface area contributed by atoms with E-state index in [2.05, 4.69) is 0 Å². The average Bonchev–Trinajstić information content (AvgIpc) is 2.64. The number of imide groups is 1. The highest BCUT2D eigenvalue weighted by Gasteiger charge is 2.39. The van der Waals surface area contributed by atoms with E-state index in [1.165, 1.54) is 11.0 Å². The third-order valence-electron chi connectivity index (χ3n) is 4.66. The lowest BCUT2D eigenvalue weighted by atomic mass is 9.86. The van der Waals surface area contributed by atoms with Crippen molar-refractivity contribution in [1.29, 1.82) is 0 Å². The lowest BCUT2D eigenvalue weighted by molar-refractivity contribution is -0.140. The van der Waals surface area contributed by atoms with E-state index in [0.717, 1.165) is 25.7 Å². The summed E-state index contributed by atoms with van der Waals surface area (Å²) in [6, 6.07) is 4.68. The lowest BCUT2D eigenvalue weighted by Gasteiger charge is -2.30. The number of ether oxygens (including phenoxy) is 1. The molecule has 1 unspecified atom stereocenters. The summed E-state index contributed by atoms with van der Waals surface area (Å²) >= 11 is 12.0. The first-order valence-electron chi connectivity index (χ1n) is 7.93. The maximum Gasteiger partial charge on any atom is 0.262 e. The van der Waals surface area contributed by atoms with Crippen molar-refractivity contribution in [1.82, 2.24) is 4.90 Å². The van der Waals surface area contributed by atoms with E-state index >= 15 is 0 Å². The van der Waals surface area contributed by atoms with Crippen molar-refractivity contribution >= 4 is 35.0 Å². The summed E-state index contributed by atoms with van der Waals surface area (Å²) in [7, 11) is 0. The van der Waals surface area contributed by atoms with Crippen LogP contribution in [-0.4, -0.2) is 35.5 Å². The normalized spacial score (nSPS) is 28.2. The number of nitrogens with zero attached hydrogens (tertiary/aromatic N) is 1. The largest absolute Gasteiger partial charge is 0.365 e. The molecule has 0 bridgehead atoms. The second-order valence-electron chi connectivity index (χ2n) is 6.24. The summed E-state index contributed by atoms with van der Waals surface area (Å²) in [5.41, 5.74) is 0.297. The molecular formula is C17H19Cl2NO3. The Hall–Kier alpha value is -1.10. The number of carbonyl (C=O) groups is 2. The Bertz CT molecular complexity index is 634. The number of fused-ring (bicyclic) bond motifs is 1. The van der Waals surface area contributed by atoms with Crippen LogP contribution in [0.5, 0.6) is 0 Å². The van der Waals surface area contributed by atoms with Crippen molar-refractivity contribution in [2.24, 2.45) is 5.92 Å². The van der Waals surface area contributed by atoms with Gasteiger partial charge in [0, 0.05) is 17.5 Å². The first-order chi connectivity index (χ1) is 11.0. The molecule has 4 nitrogen and oxygen atoms in total. The van der Waals surface area contributed by atoms with Gasteiger partial charge in [-0.3, -0.25) is 14.5 Å². The number of hydrogen-bond acceptors (Lipinski definition) is 3. The Morgan fingerprint density at radius 1 is 1.26 bits per heavy atom. The van der Waals surface area contributed by atoms with Crippen LogP contribution in [0.4, 0.5) is 0 Å². The SMILES string of the molecule is CC1O[C@H]2CCCC[C@@H]2CN(C(=O)c2ccc(Cl)cc2Cl)C1=O. The van der Waals surface area contributed by atoms with Crippen LogP contribution in [0.15, 0.2) is 18.2 Å². The van der Waals surface area contributed by atoms with Crippen LogP contribution in [0.1, 0.15) is 43.0 Å². The van der Waals surface area contributed by atoms with E-state index in [1.807, 2.05) is 0 Å². The number of rotatable bonds is 1. The van der Waals surface area contributed by atoms with Gasteiger partial charge in [0.05, 0.1) is 16.7 Å². The van der Waals surface area contributed by atoms with Gasteiger partial charge in [0.25, 0.3) is 11.8 Å². The molecule has 1 aliphatic heterocycles. The number of benzene rings is 1. The minimum atomic E-state index is -0.613. The minimum absolute atomic E-state index is 0.0567. The topological polar surface area (TPSA) is 46.6 Å². The molecule has 3 atom stereocenters. The van der Waals surface area contributed by atoms with Crippen molar-refractivity contribution in [3.63, 3.8) is 0 Å². The average molecular weight is 356 g/mol. The predicted octanol–water partition coefficient (Wildman–Crippen LogP) is 3.94. The molecule has 6 heteroatoms. The maximum atomic E-state index is 12.8. The molecule has 0 radical (unpaired) electrons. The molecule has 23 heavy (non-hydrogen) atoms. The number of halogens is 2. The molecule has 1 aromatic rings. The van der Waals surface area contributed by atoms with Crippen molar-refractivity contribution in [3.05, 3.63) is 33.8 Å². The molecule has 124 valence electrons. The fourth-order valence-electron chi connectivity index (χ4n) is 3.42. The Morgan fingerprint density at radius 3 is 2.74 bits per heavy atom. The van der Waals surface area contributed by atoms with Crippen molar-refractivity contribution in [2.75, 3.05) is 6.54 Å². The standard InChI is InChI=1S/C17H19Cl2NO3/c1-10-16(21)20(9-11-4-2-3-5-15(11)23-10)17(22)13-7-6-12(18)8-14(13)19/h6-8,10-11,15H,2-5,9H2,1H3/t10?,11-,15+/m1/s1. The summed E-state index contributed by atoms with van der Waals surface area (Å²) < 4.78 is 5.90. The van der Waals surface area contributed by atoms with Crippen molar-refractivity contribution in [2.45, 2.75) is 44.8 Å². The number of amides is 2. The molecule has 2 aliphatic rings. The quantitative estimate of drug-likeness (QED) is 0.716. The predicted molar refractivity (Wildman–Crippen MR) is 88.8 cm³/mol. The van der Waals surface area contributed by atoms with Gasteiger partial charge in [0.1, 0.15) is 6.10 Å². The van der Waals surface area contributed by atoms with E-state index in [-0.39, 0.29) is 28.9 Å². The maximum absolute atomic E-state index is 12.8. The summed E-state index contributed by atoms with van der Waals surface area (Å²) in [6.45, 7) is 2.11. The summed E-state index contributed by atoms with van der Waals surface area (Å²) in [4.78, 5) is 26.7. The third kappa shape index (κ3) is 3.39. The molecule has 1 aliphatic carbocycles. The monoisotopic (exact) mass is 355 g/mol. The van der Waals surface area contributed by atoms with Gasteiger partial charge < -0.3 is 4.74 Å². The Kier molecular flexibility index (Phi) is 4.95. The van der Waals surface area contributed by atoms with Crippen LogP contribution >= 0.6 is 23.2 Å². The molecule has 1 heterocycles. The summed E-state index contributed by atoms with van der Waals surface area (Å²) in [6.07, 6.45) is 3.59. The number of hydrogen-bond donors (Lipinski definition) is 0. The lowest BCUT2D eigenvalue weighted by Crippen LogP contribution is -2.43. The van der Waals surface area contributed by atoms with Gasteiger partial charge in [-0.25, -0.2) is 0 Å². The zero-order valence-electron chi connectivity index (χ0n) is 12.9. The number of carbonyl (C=O) groups excluding carboxylic acids is 2. The molecule has 3 rings (SSSR count). The Morgan fingerprint density at radius 2 is 2.00 bits per heavy atom. The van der Waals surface area contributed by atoms with Gasteiger partial charge in [0.2, 0.25) is 0 Å². The van der Waals surface area contributed by atoms with Gasteiger partial charge in [-0.1, -0.05) is 36.0 Å². The van der Waals surface area contributed by atoms with E-state index in [9.17, 15) is 9.59 Å². The zero-order valence-corrected chi connectivity index (χ0v) is 14.4. The van der Waals surface area contributed by atoms with Crippen molar-refractivity contribution < 1.29 is 14.3 Å². The first kappa shape index (κ1) is 16.7. The zero-order chi connectivity index (χ0) is 16.6. The van der Waals surface area contributed by atoms with Gasteiger partial charge in [-0.15, -0.1) is 0 Å². The van der Waals surface area contributed by atoms with E-state index in [4.69, 9.17) is 27.9 Å². The highest BCUT2D eigenvalue weighted by Crippen LogP contribution is 2.32. The molecule has 0 spiro atoms.